The van der Waals surface area contributed by atoms with E-state index in [1.165, 1.54) is 18.0 Å². The first kappa shape index (κ1) is 22.0. The highest BCUT2D eigenvalue weighted by molar-refractivity contribution is 9.10. The van der Waals surface area contributed by atoms with Crippen LogP contribution in [0.2, 0.25) is 0 Å². The number of nitrogens with zero attached hydrogens (tertiary/aromatic N) is 3. The molecule has 0 aliphatic carbocycles. The smallest absolute Gasteiger partial charge is 0.337 e. The summed E-state index contributed by atoms with van der Waals surface area (Å²) in [4.78, 5) is 43.9. The van der Waals surface area contributed by atoms with Crippen molar-refractivity contribution < 1.29 is 14.3 Å². The molecule has 0 atom stereocenters. The van der Waals surface area contributed by atoms with E-state index in [9.17, 15) is 14.4 Å². The Morgan fingerprint density at radius 3 is 2.69 bits per heavy atom. The van der Waals surface area contributed by atoms with E-state index in [4.69, 9.17) is 4.74 Å². The Morgan fingerprint density at radius 2 is 1.94 bits per heavy atom. The Morgan fingerprint density at radius 1 is 1.16 bits per heavy atom. The number of fused-ring (bicyclic) bond motifs is 1. The first-order valence-electron chi connectivity index (χ1n) is 10.4. The molecule has 2 aromatic carbocycles. The average molecular weight is 499 g/mol. The summed E-state index contributed by atoms with van der Waals surface area (Å²) in [5.41, 5.74) is 2.21. The predicted molar refractivity (Wildman–Crippen MR) is 126 cm³/mol. The maximum absolute atomic E-state index is 12.7. The predicted octanol–water partition coefficient (Wildman–Crippen LogP) is 3.57. The van der Waals surface area contributed by atoms with Gasteiger partial charge in [0.05, 0.1) is 41.3 Å². The number of anilines is 2. The van der Waals surface area contributed by atoms with Gasteiger partial charge in [0.25, 0.3) is 5.56 Å². The number of aromatic nitrogens is 2. The van der Waals surface area contributed by atoms with Crippen LogP contribution in [0, 0.1) is 0 Å². The molecule has 8 nitrogen and oxygen atoms in total. The molecule has 166 valence electrons. The number of rotatable bonds is 6. The van der Waals surface area contributed by atoms with Crippen molar-refractivity contribution in [1.82, 2.24) is 9.55 Å². The topological polar surface area (TPSA) is 93.5 Å². The number of esters is 1. The van der Waals surface area contributed by atoms with Crippen LogP contribution in [0.4, 0.5) is 11.4 Å². The molecule has 32 heavy (non-hydrogen) atoms. The zero-order chi connectivity index (χ0) is 22.7. The zero-order valence-corrected chi connectivity index (χ0v) is 19.2. The minimum Gasteiger partial charge on any atom is -0.465 e. The summed E-state index contributed by atoms with van der Waals surface area (Å²) in [6.07, 6.45) is 3.71. The van der Waals surface area contributed by atoms with Crippen molar-refractivity contribution in [3.8, 4) is 0 Å². The lowest BCUT2D eigenvalue weighted by Gasteiger charge is -2.22. The Balaban J connectivity index is 1.52. The van der Waals surface area contributed by atoms with Crippen molar-refractivity contribution in [3.05, 3.63) is 63.1 Å². The van der Waals surface area contributed by atoms with Crippen LogP contribution >= 0.6 is 15.9 Å². The van der Waals surface area contributed by atoms with Crippen molar-refractivity contribution in [1.29, 1.82) is 0 Å². The molecule has 0 saturated carbocycles. The van der Waals surface area contributed by atoms with E-state index < -0.39 is 5.97 Å². The van der Waals surface area contributed by atoms with Gasteiger partial charge in [-0.25, -0.2) is 9.78 Å². The number of hydrogen-bond acceptors (Lipinski definition) is 6. The van der Waals surface area contributed by atoms with Gasteiger partial charge in [0, 0.05) is 30.5 Å². The number of ether oxygens (including phenoxy) is 1. The van der Waals surface area contributed by atoms with Crippen molar-refractivity contribution in [2.24, 2.45) is 0 Å². The fraction of sp³-hybridized carbons (Fsp3) is 0.304. The van der Waals surface area contributed by atoms with E-state index in [0.717, 1.165) is 36.1 Å². The summed E-state index contributed by atoms with van der Waals surface area (Å²) in [6.45, 7) is 1.98. The van der Waals surface area contributed by atoms with Crippen LogP contribution in [0.15, 0.2) is 52.0 Å². The first-order valence-corrected chi connectivity index (χ1v) is 11.2. The molecule has 1 saturated heterocycles. The Bertz CT molecular complexity index is 1230. The van der Waals surface area contributed by atoms with Gasteiger partial charge >= 0.3 is 5.97 Å². The minimum atomic E-state index is -0.464. The standard InChI is InChI=1S/C23H23BrN4O4/c1-32-23(31)15-4-7-20(27-9-2-3-10-27)19(12-15)26-21(29)8-11-28-14-25-18-6-5-16(24)13-17(18)22(28)30/h4-7,12-14H,2-3,8-11H2,1H3,(H,26,29). The summed E-state index contributed by atoms with van der Waals surface area (Å²) in [5, 5.41) is 3.40. The minimum absolute atomic E-state index is 0.0863. The largest absolute Gasteiger partial charge is 0.465 e. The zero-order valence-electron chi connectivity index (χ0n) is 17.6. The first-order chi connectivity index (χ1) is 15.5. The lowest BCUT2D eigenvalue weighted by atomic mass is 10.1. The van der Waals surface area contributed by atoms with E-state index in [1.807, 2.05) is 12.1 Å². The molecule has 0 spiro atoms. The quantitative estimate of drug-likeness (QED) is 0.522. The molecule has 0 bridgehead atoms. The maximum atomic E-state index is 12.7. The van der Waals surface area contributed by atoms with Gasteiger partial charge in [-0.2, -0.15) is 0 Å². The van der Waals surface area contributed by atoms with E-state index in [0.29, 0.717) is 22.2 Å². The lowest BCUT2D eigenvalue weighted by molar-refractivity contribution is -0.116. The van der Waals surface area contributed by atoms with Gasteiger partial charge in [0.15, 0.2) is 0 Å². The van der Waals surface area contributed by atoms with Crippen LogP contribution in [0.1, 0.15) is 29.6 Å². The number of nitrogens with one attached hydrogen (secondary N) is 1. The summed E-state index contributed by atoms with van der Waals surface area (Å²) in [6, 6.07) is 10.5. The third-order valence-electron chi connectivity index (χ3n) is 5.50. The summed E-state index contributed by atoms with van der Waals surface area (Å²) < 4.78 is 7.03. The highest BCUT2D eigenvalue weighted by Crippen LogP contribution is 2.30. The molecule has 1 aliphatic heterocycles. The summed E-state index contributed by atoms with van der Waals surface area (Å²) in [5.74, 6) is -0.720. The van der Waals surface area contributed by atoms with Gasteiger partial charge in [0.1, 0.15) is 0 Å². The van der Waals surface area contributed by atoms with Crippen molar-refractivity contribution in [2.45, 2.75) is 25.8 Å². The second-order valence-electron chi connectivity index (χ2n) is 7.62. The van der Waals surface area contributed by atoms with Crippen LogP contribution in [-0.2, 0) is 16.1 Å². The fourth-order valence-corrected chi connectivity index (χ4v) is 4.20. The van der Waals surface area contributed by atoms with Crippen LogP contribution in [-0.4, -0.2) is 41.6 Å². The van der Waals surface area contributed by atoms with E-state index in [2.05, 4.69) is 31.1 Å². The molecule has 1 amide bonds. The van der Waals surface area contributed by atoms with Crippen LogP contribution in [0.3, 0.4) is 0 Å². The Hall–Kier alpha value is -3.20. The van der Waals surface area contributed by atoms with E-state index in [1.54, 1.807) is 24.3 Å². The SMILES string of the molecule is COC(=O)c1ccc(N2CCCC2)c(NC(=O)CCn2cnc3ccc(Br)cc3c2=O)c1. The molecule has 1 N–H and O–H groups in total. The number of amides is 1. The highest BCUT2D eigenvalue weighted by atomic mass is 79.9. The molecule has 3 aromatic rings. The monoisotopic (exact) mass is 498 g/mol. The molecule has 0 radical (unpaired) electrons. The molecule has 0 unspecified atom stereocenters. The van der Waals surface area contributed by atoms with Crippen molar-refractivity contribution in [2.75, 3.05) is 30.4 Å². The Labute approximate surface area is 193 Å². The third-order valence-corrected chi connectivity index (χ3v) is 6.00. The highest BCUT2D eigenvalue weighted by Gasteiger charge is 2.19. The molecule has 1 aliphatic rings. The summed E-state index contributed by atoms with van der Waals surface area (Å²) >= 11 is 3.37. The molecular formula is C23H23BrN4O4. The average Bonchev–Trinajstić information content (AvgIpc) is 3.33. The molecule has 2 heterocycles. The Kier molecular flexibility index (Phi) is 6.55. The van der Waals surface area contributed by atoms with E-state index in [-0.39, 0.29) is 24.4 Å². The number of halogens is 1. The second-order valence-corrected chi connectivity index (χ2v) is 8.54. The number of aryl methyl sites for hydroxylation is 1. The fourth-order valence-electron chi connectivity index (χ4n) is 3.84. The second kappa shape index (κ2) is 9.52. The van der Waals surface area contributed by atoms with Gasteiger partial charge in [-0.3, -0.25) is 14.2 Å². The molecular weight excluding hydrogens is 476 g/mol. The van der Waals surface area contributed by atoms with Crippen molar-refractivity contribution in [3.63, 3.8) is 0 Å². The maximum Gasteiger partial charge on any atom is 0.337 e. The van der Waals surface area contributed by atoms with Gasteiger partial charge in [0.2, 0.25) is 5.91 Å². The lowest BCUT2D eigenvalue weighted by Crippen LogP contribution is -2.25. The van der Waals surface area contributed by atoms with E-state index >= 15 is 0 Å². The van der Waals surface area contributed by atoms with Crippen LogP contribution < -0.4 is 15.8 Å². The molecule has 4 rings (SSSR count). The summed E-state index contributed by atoms with van der Waals surface area (Å²) in [7, 11) is 1.32. The number of methoxy groups -OCH3 is 1. The van der Waals surface area contributed by atoms with Gasteiger partial charge in [-0.05, 0) is 49.2 Å². The van der Waals surface area contributed by atoms with Gasteiger partial charge in [-0.1, -0.05) is 15.9 Å². The number of carbonyl (C=O) groups excluding carboxylic acids is 2. The number of carbonyl (C=O) groups is 2. The van der Waals surface area contributed by atoms with Crippen molar-refractivity contribution >= 4 is 50.1 Å². The molecule has 9 heteroatoms. The number of benzene rings is 2. The number of hydrogen-bond donors (Lipinski definition) is 1. The third kappa shape index (κ3) is 4.67. The molecule has 1 aromatic heterocycles. The van der Waals surface area contributed by atoms with Crippen LogP contribution in [0.5, 0.6) is 0 Å². The van der Waals surface area contributed by atoms with Gasteiger partial charge < -0.3 is 15.0 Å². The normalized spacial score (nSPS) is 13.4. The van der Waals surface area contributed by atoms with Crippen LogP contribution in [0.25, 0.3) is 10.9 Å². The van der Waals surface area contributed by atoms with Gasteiger partial charge in [-0.15, -0.1) is 0 Å². The molecule has 1 fully saturated rings.